The molecule has 28 heavy (non-hydrogen) atoms. The lowest BCUT2D eigenvalue weighted by atomic mass is 9.83. The molecule has 1 amide bonds. The van der Waals surface area contributed by atoms with Crippen molar-refractivity contribution in [2.75, 3.05) is 0 Å². The highest BCUT2D eigenvalue weighted by atomic mass is 79.9. The summed E-state index contributed by atoms with van der Waals surface area (Å²) in [5.41, 5.74) is -1.08. The molecule has 0 aliphatic carbocycles. The van der Waals surface area contributed by atoms with E-state index in [2.05, 4.69) is 21.2 Å². The molecule has 0 fully saturated rings. The van der Waals surface area contributed by atoms with Gasteiger partial charge in [-0.15, -0.1) is 0 Å². The molecular weight excluding hydrogens is 426 g/mol. The highest BCUT2D eigenvalue weighted by molar-refractivity contribution is 9.10. The quantitative estimate of drug-likeness (QED) is 0.356. The third-order valence-corrected chi connectivity index (χ3v) is 4.38. The van der Waals surface area contributed by atoms with E-state index in [0.29, 0.717) is 12.7 Å². The highest BCUT2D eigenvalue weighted by Crippen LogP contribution is 2.26. The summed E-state index contributed by atoms with van der Waals surface area (Å²) >= 11 is 3.39. The van der Waals surface area contributed by atoms with Gasteiger partial charge in [0.2, 0.25) is 0 Å². The first-order valence-corrected chi connectivity index (χ1v) is 10.1. The molecule has 0 aliphatic heterocycles. The first kappa shape index (κ1) is 24.1. The summed E-state index contributed by atoms with van der Waals surface area (Å²) in [6.07, 6.45) is 0.182. The number of amides is 1. The SMILES string of the molecule is CC(C)OC(=O)C(C)(C=O)CC(Cc1ccc(Br)cc1)NC(=O)OC(C)(C)C. The van der Waals surface area contributed by atoms with Crippen LogP contribution in [0.5, 0.6) is 0 Å². The third kappa shape index (κ3) is 8.42. The van der Waals surface area contributed by atoms with Crippen LogP contribution in [0.3, 0.4) is 0 Å². The number of halogens is 1. The van der Waals surface area contributed by atoms with Crippen LogP contribution >= 0.6 is 15.9 Å². The van der Waals surface area contributed by atoms with Gasteiger partial charge in [0.05, 0.1) is 6.10 Å². The second-order valence-electron chi connectivity index (χ2n) is 8.37. The fourth-order valence-electron chi connectivity index (χ4n) is 2.59. The molecule has 0 aliphatic rings. The minimum absolute atomic E-state index is 0.0946. The number of hydrogen-bond donors (Lipinski definition) is 1. The van der Waals surface area contributed by atoms with Gasteiger partial charge in [-0.25, -0.2) is 4.79 Å². The summed E-state index contributed by atoms with van der Waals surface area (Å²) in [5.74, 6) is -0.607. The fourth-order valence-corrected chi connectivity index (χ4v) is 2.86. The number of ether oxygens (including phenoxy) is 2. The summed E-state index contributed by atoms with van der Waals surface area (Å²) in [4.78, 5) is 36.5. The van der Waals surface area contributed by atoms with Gasteiger partial charge >= 0.3 is 12.1 Å². The molecule has 7 heteroatoms. The predicted molar refractivity (Wildman–Crippen MR) is 111 cm³/mol. The van der Waals surface area contributed by atoms with Crippen LogP contribution in [0.1, 0.15) is 53.5 Å². The van der Waals surface area contributed by atoms with E-state index in [1.54, 1.807) is 34.6 Å². The van der Waals surface area contributed by atoms with Crippen molar-refractivity contribution in [3.63, 3.8) is 0 Å². The van der Waals surface area contributed by atoms with Crippen molar-refractivity contribution in [2.24, 2.45) is 5.41 Å². The lowest BCUT2D eigenvalue weighted by Gasteiger charge is -2.29. The van der Waals surface area contributed by atoms with E-state index < -0.39 is 29.1 Å². The second-order valence-corrected chi connectivity index (χ2v) is 9.28. The standard InChI is InChI=1S/C21H30BrNO5/c1-14(2)27-18(25)21(6,13-24)12-17(23-19(26)28-20(3,4)5)11-15-7-9-16(22)10-8-15/h7-10,13-14,17H,11-12H2,1-6H3,(H,23,26). The van der Waals surface area contributed by atoms with Crippen molar-refractivity contribution < 1.29 is 23.9 Å². The number of nitrogens with one attached hydrogen (secondary N) is 1. The van der Waals surface area contributed by atoms with Gasteiger partial charge in [0.25, 0.3) is 0 Å². The number of carbonyl (C=O) groups is 3. The third-order valence-electron chi connectivity index (χ3n) is 3.86. The van der Waals surface area contributed by atoms with Gasteiger partial charge in [0, 0.05) is 10.5 Å². The molecule has 2 unspecified atom stereocenters. The summed E-state index contributed by atoms with van der Waals surface area (Å²) in [7, 11) is 0. The van der Waals surface area contributed by atoms with E-state index in [0.717, 1.165) is 10.0 Å². The zero-order chi connectivity index (χ0) is 21.5. The number of rotatable bonds is 8. The van der Waals surface area contributed by atoms with Crippen LogP contribution in [-0.4, -0.2) is 36.1 Å². The Bertz CT molecular complexity index is 681. The lowest BCUT2D eigenvalue weighted by Crippen LogP contribution is -2.45. The van der Waals surface area contributed by atoms with Gasteiger partial charge < -0.3 is 19.6 Å². The molecule has 0 spiro atoms. The van der Waals surface area contributed by atoms with E-state index in [-0.39, 0.29) is 12.5 Å². The smallest absolute Gasteiger partial charge is 0.407 e. The van der Waals surface area contributed by atoms with Crippen LogP contribution in [-0.2, 0) is 25.5 Å². The fraction of sp³-hybridized carbons (Fsp3) is 0.571. The Morgan fingerprint density at radius 3 is 2.18 bits per heavy atom. The van der Waals surface area contributed by atoms with E-state index in [4.69, 9.17) is 9.47 Å². The van der Waals surface area contributed by atoms with Crippen molar-refractivity contribution in [2.45, 2.75) is 72.1 Å². The van der Waals surface area contributed by atoms with Crippen LogP contribution in [0.2, 0.25) is 0 Å². The summed E-state index contributed by atoms with van der Waals surface area (Å²) in [6, 6.07) is 7.13. The van der Waals surface area contributed by atoms with E-state index in [9.17, 15) is 14.4 Å². The van der Waals surface area contributed by atoms with Crippen molar-refractivity contribution in [1.29, 1.82) is 0 Å². The molecule has 1 rings (SSSR count). The average Bonchev–Trinajstić information content (AvgIpc) is 2.54. The van der Waals surface area contributed by atoms with Crippen molar-refractivity contribution in [3.8, 4) is 0 Å². The Kier molecular flexibility index (Phi) is 8.67. The number of hydrogen-bond acceptors (Lipinski definition) is 5. The van der Waals surface area contributed by atoms with Gasteiger partial charge in [0.1, 0.15) is 17.3 Å². The molecule has 2 atom stereocenters. The molecule has 0 saturated carbocycles. The monoisotopic (exact) mass is 455 g/mol. The lowest BCUT2D eigenvalue weighted by molar-refractivity contribution is -0.160. The van der Waals surface area contributed by atoms with Gasteiger partial charge in [-0.3, -0.25) is 4.79 Å². The maximum absolute atomic E-state index is 12.4. The molecule has 0 bridgehead atoms. The Labute approximate surface area is 175 Å². The average molecular weight is 456 g/mol. The maximum atomic E-state index is 12.4. The largest absolute Gasteiger partial charge is 0.462 e. The van der Waals surface area contributed by atoms with E-state index >= 15 is 0 Å². The maximum Gasteiger partial charge on any atom is 0.407 e. The molecule has 1 aromatic carbocycles. The molecule has 1 N–H and O–H groups in total. The topological polar surface area (TPSA) is 81.7 Å². The van der Waals surface area contributed by atoms with Gasteiger partial charge in [-0.05, 0) is 72.1 Å². The molecule has 0 aromatic heterocycles. The molecule has 6 nitrogen and oxygen atoms in total. The first-order chi connectivity index (χ1) is 12.8. The normalized spacial score (nSPS) is 14.7. The molecular formula is C21H30BrNO5. The van der Waals surface area contributed by atoms with Gasteiger partial charge in [0.15, 0.2) is 0 Å². The summed E-state index contributed by atoms with van der Waals surface area (Å²) in [6.45, 7) is 10.3. The van der Waals surface area contributed by atoms with Gasteiger partial charge in [-0.1, -0.05) is 28.1 Å². The molecule has 0 radical (unpaired) electrons. The number of alkyl carbamates (subject to hydrolysis) is 1. The second kappa shape index (κ2) is 10.0. The van der Waals surface area contributed by atoms with E-state index in [1.807, 2.05) is 24.3 Å². The van der Waals surface area contributed by atoms with E-state index in [1.165, 1.54) is 6.92 Å². The highest BCUT2D eigenvalue weighted by Gasteiger charge is 2.38. The number of esters is 1. The van der Waals surface area contributed by atoms with Crippen LogP contribution < -0.4 is 5.32 Å². The Morgan fingerprint density at radius 1 is 1.14 bits per heavy atom. The van der Waals surface area contributed by atoms with Crippen molar-refractivity contribution in [1.82, 2.24) is 5.32 Å². The zero-order valence-electron chi connectivity index (χ0n) is 17.4. The first-order valence-electron chi connectivity index (χ1n) is 9.26. The van der Waals surface area contributed by atoms with Crippen molar-refractivity contribution >= 4 is 34.3 Å². The molecule has 1 aromatic rings. The van der Waals surface area contributed by atoms with Gasteiger partial charge in [-0.2, -0.15) is 0 Å². The Balaban J connectivity index is 3.03. The Morgan fingerprint density at radius 2 is 1.71 bits per heavy atom. The minimum atomic E-state index is -1.38. The minimum Gasteiger partial charge on any atom is -0.462 e. The van der Waals surface area contributed by atoms with Crippen LogP contribution in [0.4, 0.5) is 4.79 Å². The number of aldehydes is 1. The van der Waals surface area contributed by atoms with Crippen LogP contribution in [0.25, 0.3) is 0 Å². The zero-order valence-corrected chi connectivity index (χ0v) is 19.0. The van der Waals surface area contributed by atoms with Crippen molar-refractivity contribution in [3.05, 3.63) is 34.3 Å². The molecule has 156 valence electrons. The molecule has 0 heterocycles. The van der Waals surface area contributed by atoms with Crippen LogP contribution in [0, 0.1) is 5.41 Å². The number of benzene rings is 1. The summed E-state index contributed by atoms with van der Waals surface area (Å²) < 4.78 is 11.5. The Hall–Kier alpha value is -1.89. The summed E-state index contributed by atoms with van der Waals surface area (Å²) in [5, 5.41) is 2.80. The van der Waals surface area contributed by atoms with Crippen LogP contribution in [0.15, 0.2) is 28.7 Å². The predicted octanol–water partition coefficient (Wildman–Crippen LogP) is 4.43. The number of carbonyl (C=O) groups excluding carboxylic acids is 3. The molecule has 0 saturated heterocycles.